The standard InChI is InChI=1S/C25H20ClNO4/c1-15-12-18(26)8-10-21(15)27-23(28)14-30-22-11-9-19-20(17-6-4-3-5-7-17)13-24(29)31-25(19)16(22)2/h3-13H,14H2,1-2H3,(H,27,28). The van der Waals surface area contributed by atoms with E-state index in [1.165, 1.54) is 6.07 Å². The Morgan fingerprint density at radius 3 is 2.55 bits per heavy atom. The molecule has 0 fully saturated rings. The van der Waals surface area contributed by atoms with Crippen LogP contribution in [0.25, 0.3) is 22.1 Å². The molecule has 3 aromatic carbocycles. The second-order valence-corrected chi connectivity index (χ2v) is 7.64. The molecule has 4 aromatic rings. The van der Waals surface area contributed by atoms with Crippen LogP contribution in [0.15, 0.2) is 75.9 Å². The zero-order valence-electron chi connectivity index (χ0n) is 17.1. The number of rotatable bonds is 5. The van der Waals surface area contributed by atoms with E-state index in [4.69, 9.17) is 20.8 Å². The van der Waals surface area contributed by atoms with E-state index in [1.54, 1.807) is 31.2 Å². The number of amides is 1. The van der Waals surface area contributed by atoms with E-state index in [0.717, 1.165) is 22.1 Å². The Morgan fingerprint density at radius 2 is 1.81 bits per heavy atom. The summed E-state index contributed by atoms with van der Waals surface area (Å²) in [5, 5.41) is 4.22. The van der Waals surface area contributed by atoms with Crippen LogP contribution in [0.4, 0.5) is 5.69 Å². The van der Waals surface area contributed by atoms with Crippen molar-refractivity contribution in [3.8, 4) is 16.9 Å². The third kappa shape index (κ3) is 4.47. The van der Waals surface area contributed by atoms with E-state index in [9.17, 15) is 9.59 Å². The Bertz CT molecular complexity index is 1330. The third-order valence-electron chi connectivity index (χ3n) is 5.02. The molecule has 0 saturated carbocycles. The molecular weight excluding hydrogens is 414 g/mol. The van der Waals surface area contributed by atoms with Gasteiger partial charge in [0.15, 0.2) is 6.61 Å². The molecule has 0 aliphatic carbocycles. The number of anilines is 1. The zero-order valence-corrected chi connectivity index (χ0v) is 17.8. The lowest BCUT2D eigenvalue weighted by Crippen LogP contribution is -2.21. The molecule has 0 radical (unpaired) electrons. The van der Waals surface area contributed by atoms with Crippen molar-refractivity contribution >= 4 is 34.2 Å². The average Bonchev–Trinajstić information content (AvgIpc) is 2.76. The first kappa shape index (κ1) is 20.7. The maximum Gasteiger partial charge on any atom is 0.336 e. The largest absolute Gasteiger partial charge is 0.483 e. The first-order valence-electron chi connectivity index (χ1n) is 9.74. The van der Waals surface area contributed by atoms with Gasteiger partial charge in [-0.15, -0.1) is 0 Å². The number of fused-ring (bicyclic) bond motifs is 1. The van der Waals surface area contributed by atoms with Gasteiger partial charge in [0.25, 0.3) is 5.91 Å². The molecule has 156 valence electrons. The number of nitrogens with one attached hydrogen (secondary N) is 1. The number of aryl methyl sites for hydroxylation is 2. The first-order chi connectivity index (χ1) is 14.9. The smallest absolute Gasteiger partial charge is 0.336 e. The van der Waals surface area contributed by atoms with Gasteiger partial charge in [0.2, 0.25) is 0 Å². The minimum absolute atomic E-state index is 0.184. The molecule has 0 bridgehead atoms. The van der Waals surface area contributed by atoms with E-state index in [-0.39, 0.29) is 12.5 Å². The topological polar surface area (TPSA) is 68.5 Å². The number of halogens is 1. The van der Waals surface area contributed by atoms with Crippen molar-refractivity contribution < 1.29 is 13.9 Å². The van der Waals surface area contributed by atoms with Gasteiger partial charge in [-0.25, -0.2) is 4.79 Å². The number of ether oxygens (including phenoxy) is 1. The van der Waals surface area contributed by atoms with Gasteiger partial charge in [-0.3, -0.25) is 4.79 Å². The van der Waals surface area contributed by atoms with Crippen molar-refractivity contribution in [2.24, 2.45) is 0 Å². The molecule has 31 heavy (non-hydrogen) atoms. The molecule has 5 nitrogen and oxygen atoms in total. The van der Waals surface area contributed by atoms with Crippen LogP contribution >= 0.6 is 11.6 Å². The van der Waals surface area contributed by atoms with Crippen molar-refractivity contribution in [2.45, 2.75) is 13.8 Å². The molecule has 6 heteroatoms. The van der Waals surface area contributed by atoms with Crippen molar-refractivity contribution in [3.63, 3.8) is 0 Å². The van der Waals surface area contributed by atoms with Crippen LogP contribution in [0.3, 0.4) is 0 Å². The number of benzene rings is 3. The monoisotopic (exact) mass is 433 g/mol. The molecule has 0 saturated heterocycles. The molecule has 0 unspecified atom stereocenters. The summed E-state index contributed by atoms with van der Waals surface area (Å²) in [5.41, 5.74) is 3.90. The summed E-state index contributed by atoms with van der Waals surface area (Å²) in [4.78, 5) is 24.5. The zero-order chi connectivity index (χ0) is 22.0. The van der Waals surface area contributed by atoms with Gasteiger partial charge >= 0.3 is 5.63 Å². The van der Waals surface area contributed by atoms with Crippen molar-refractivity contribution in [1.82, 2.24) is 0 Å². The van der Waals surface area contributed by atoms with E-state index in [0.29, 0.717) is 27.6 Å². The molecule has 1 N–H and O–H groups in total. The predicted molar refractivity (Wildman–Crippen MR) is 123 cm³/mol. The highest BCUT2D eigenvalue weighted by molar-refractivity contribution is 6.30. The fourth-order valence-corrected chi connectivity index (χ4v) is 3.68. The van der Waals surface area contributed by atoms with Crippen LogP contribution in [0.2, 0.25) is 5.02 Å². The molecule has 0 atom stereocenters. The Morgan fingerprint density at radius 1 is 1.03 bits per heavy atom. The minimum Gasteiger partial charge on any atom is -0.483 e. The highest BCUT2D eigenvalue weighted by Crippen LogP contribution is 2.33. The molecule has 1 heterocycles. The summed E-state index contributed by atoms with van der Waals surface area (Å²) >= 11 is 5.95. The summed E-state index contributed by atoms with van der Waals surface area (Å²) < 4.78 is 11.2. The minimum atomic E-state index is -0.442. The molecule has 4 rings (SSSR count). The van der Waals surface area contributed by atoms with Crippen LogP contribution < -0.4 is 15.7 Å². The van der Waals surface area contributed by atoms with Crippen LogP contribution in [0.5, 0.6) is 5.75 Å². The van der Waals surface area contributed by atoms with Gasteiger partial charge < -0.3 is 14.5 Å². The van der Waals surface area contributed by atoms with Gasteiger partial charge in [-0.2, -0.15) is 0 Å². The quantitative estimate of drug-likeness (QED) is 0.407. The number of hydrogen-bond donors (Lipinski definition) is 1. The summed E-state index contributed by atoms with van der Waals surface area (Å²) in [6, 6.07) is 20.0. The lowest BCUT2D eigenvalue weighted by atomic mass is 10.0. The fourth-order valence-electron chi connectivity index (χ4n) is 3.45. The van der Waals surface area contributed by atoms with Gasteiger partial charge in [0, 0.05) is 27.7 Å². The molecule has 0 spiro atoms. The predicted octanol–water partition coefficient (Wildman–Crippen LogP) is 5.75. The highest BCUT2D eigenvalue weighted by atomic mass is 35.5. The Balaban J connectivity index is 1.58. The lowest BCUT2D eigenvalue weighted by molar-refractivity contribution is -0.118. The first-order valence-corrected chi connectivity index (χ1v) is 10.1. The molecule has 1 amide bonds. The molecule has 0 aliphatic heterocycles. The maximum absolute atomic E-state index is 12.3. The number of carbonyl (C=O) groups is 1. The summed E-state index contributed by atoms with van der Waals surface area (Å²) in [6.07, 6.45) is 0. The van der Waals surface area contributed by atoms with Crippen LogP contribution in [0, 0.1) is 13.8 Å². The summed E-state index contributed by atoms with van der Waals surface area (Å²) in [5.74, 6) is 0.174. The normalized spacial score (nSPS) is 10.8. The van der Waals surface area contributed by atoms with E-state index in [1.807, 2.05) is 43.3 Å². The van der Waals surface area contributed by atoms with Crippen LogP contribution in [-0.4, -0.2) is 12.5 Å². The Kier molecular flexibility index (Phi) is 5.78. The number of hydrogen-bond acceptors (Lipinski definition) is 4. The number of carbonyl (C=O) groups excluding carboxylic acids is 1. The van der Waals surface area contributed by atoms with E-state index >= 15 is 0 Å². The lowest BCUT2D eigenvalue weighted by Gasteiger charge is -2.13. The van der Waals surface area contributed by atoms with E-state index in [2.05, 4.69) is 5.32 Å². The maximum atomic E-state index is 12.3. The summed E-state index contributed by atoms with van der Waals surface area (Å²) in [6.45, 7) is 3.48. The second-order valence-electron chi connectivity index (χ2n) is 7.21. The van der Waals surface area contributed by atoms with Crippen molar-refractivity contribution in [2.75, 3.05) is 11.9 Å². The van der Waals surface area contributed by atoms with Crippen LogP contribution in [-0.2, 0) is 4.79 Å². The average molecular weight is 434 g/mol. The fraction of sp³-hybridized carbons (Fsp3) is 0.120. The van der Waals surface area contributed by atoms with Crippen LogP contribution in [0.1, 0.15) is 11.1 Å². The molecule has 1 aromatic heterocycles. The van der Waals surface area contributed by atoms with Gasteiger partial charge in [0.05, 0.1) is 0 Å². The van der Waals surface area contributed by atoms with Crippen molar-refractivity contribution in [3.05, 3.63) is 93.3 Å². The Hall–Kier alpha value is -3.57. The van der Waals surface area contributed by atoms with Crippen molar-refractivity contribution in [1.29, 1.82) is 0 Å². The van der Waals surface area contributed by atoms with Gasteiger partial charge in [0.1, 0.15) is 11.3 Å². The highest BCUT2D eigenvalue weighted by Gasteiger charge is 2.14. The second kappa shape index (κ2) is 8.66. The third-order valence-corrected chi connectivity index (χ3v) is 5.25. The van der Waals surface area contributed by atoms with Gasteiger partial charge in [-0.1, -0.05) is 41.9 Å². The Labute approximate surface area is 184 Å². The molecule has 0 aliphatic rings. The molecular formula is C25H20ClNO4. The SMILES string of the molecule is Cc1cc(Cl)ccc1NC(=O)COc1ccc2c(-c3ccccc3)cc(=O)oc2c1C. The van der Waals surface area contributed by atoms with Gasteiger partial charge in [-0.05, 0) is 60.9 Å². The summed E-state index contributed by atoms with van der Waals surface area (Å²) in [7, 11) is 0. The van der Waals surface area contributed by atoms with E-state index < -0.39 is 5.63 Å².